The van der Waals surface area contributed by atoms with E-state index in [1.165, 1.54) is 0 Å². The second-order valence-electron chi connectivity index (χ2n) is 4.87. The van der Waals surface area contributed by atoms with Crippen LogP contribution in [0.5, 0.6) is 0 Å². The van der Waals surface area contributed by atoms with Crippen molar-refractivity contribution in [1.82, 2.24) is 0 Å². The summed E-state index contributed by atoms with van der Waals surface area (Å²) in [7, 11) is 0. The van der Waals surface area contributed by atoms with Crippen LogP contribution in [0.3, 0.4) is 0 Å². The molecule has 0 heterocycles. The van der Waals surface area contributed by atoms with Gasteiger partial charge in [-0.3, -0.25) is 19.7 Å². The number of rotatable bonds is 3. The van der Waals surface area contributed by atoms with Gasteiger partial charge in [0.25, 0.3) is 0 Å². The third-order valence-corrected chi connectivity index (χ3v) is 3.85. The highest BCUT2D eigenvalue weighted by molar-refractivity contribution is 6.16. The highest BCUT2D eigenvalue weighted by Crippen LogP contribution is 2.51. The molecule has 2 fully saturated rings. The minimum absolute atomic E-state index is 0.240. The summed E-state index contributed by atoms with van der Waals surface area (Å²) in [6.07, 6.45) is 0.371. The van der Waals surface area contributed by atoms with Crippen molar-refractivity contribution in [3.63, 3.8) is 0 Å². The molecule has 0 radical (unpaired) electrons. The van der Waals surface area contributed by atoms with Crippen LogP contribution < -0.4 is 0 Å². The van der Waals surface area contributed by atoms with Crippen molar-refractivity contribution in [2.75, 3.05) is 0 Å². The van der Waals surface area contributed by atoms with Gasteiger partial charge in [-0.15, -0.1) is 0 Å². The standard InChI is InChI=1S/C13H11NO4/c15-12-8(6-7-4-2-1-3-5-7)13(16)10-9(12)11(10)14(17)18/h1-5,8-11H,6H2. The molecule has 5 heteroatoms. The van der Waals surface area contributed by atoms with Crippen molar-refractivity contribution in [3.8, 4) is 0 Å². The van der Waals surface area contributed by atoms with Crippen LogP contribution in [0.1, 0.15) is 5.56 Å². The second-order valence-corrected chi connectivity index (χ2v) is 4.87. The molecule has 2 aliphatic carbocycles. The van der Waals surface area contributed by atoms with Gasteiger partial charge in [-0.1, -0.05) is 30.3 Å². The number of nitro groups is 1. The number of nitrogens with zero attached hydrogens (tertiary/aromatic N) is 1. The summed E-state index contributed by atoms with van der Waals surface area (Å²) in [4.78, 5) is 34.0. The minimum Gasteiger partial charge on any atom is -0.298 e. The number of carbonyl (C=O) groups is 2. The first-order valence-electron chi connectivity index (χ1n) is 5.86. The van der Waals surface area contributed by atoms with Gasteiger partial charge < -0.3 is 0 Å². The molecule has 0 amide bonds. The van der Waals surface area contributed by atoms with Gasteiger partial charge in [-0.25, -0.2) is 0 Å². The molecule has 0 bridgehead atoms. The maximum Gasteiger partial charge on any atom is 0.234 e. The van der Waals surface area contributed by atoms with Gasteiger partial charge in [0.05, 0.1) is 5.92 Å². The summed E-state index contributed by atoms with van der Waals surface area (Å²) in [5, 5.41) is 10.6. The lowest BCUT2D eigenvalue weighted by atomic mass is 9.92. The zero-order valence-electron chi connectivity index (χ0n) is 9.48. The van der Waals surface area contributed by atoms with E-state index in [4.69, 9.17) is 0 Å². The summed E-state index contributed by atoms with van der Waals surface area (Å²) in [5.41, 5.74) is 0.920. The maximum atomic E-state index is 12.0. The van der Waals surface area contributed by atoms with E-state index in [-0.39, 0.29) is 11.6 Å². The first-order valence-corrected chi connectivity index (χ1v) is 5.86. The van der Waals surface area contributed by atoms with Crippen molar-refractivity contribution < 1.29 is 14.5 Å². The van der Waals surface area contributed by atoms with E-state index in [2.05, 4.69) is 0 Å². The summed E-state index contributed by atoms with van der Waals surface area (Å²) in [6.45, 7) is 0. The van der Waals surface area contributed by atoms with Crippen LogP contribution in [0.4, 0.5) is 0 Å². The van der Waals surface area contributed by atoms with Gasteiger partial charge >= 0.3 is 0 Å². The van der Waals surface area contributed by atoms with Crippen LogP contribution in [0, 0.1) is 27.9 Å². The van der Waals surface area contributed by atoms with Gasteiger partial charge in [0.2, 0.25) is 6.04 Å². The molecule has 0 aromatic heterocycles. The number of fused-ring (bicyclic) bond motifs is 1. The quantitative estimate of drug-likeness (QED) is 0.450. The lowest BCUT2D eigenvalue weighted by Gasteiger charge is -2.10. The van der Waals surface area contributed by atoms with Crippen molar-refractivity contribution >= 4 is 11.6 Å². The Morgan fingerprint density at radius 2 is 1.61 bits per heavy atom. The zero-order valence-corrected chi connectivity index (χ0v) is 9.48. The van der Waals surface area contributed by atoms with Crippen LogP contribution in [-0.4, -0.2) is 22.5 Å². The third-order valence-electron chi connectivity index (χ3n) is 3.85. The molecule has 0 spiro atoms. The van der Waals surface area contributed by atoms with Gasteiger partial charge in [-0.05, 0) is 12.0 Å². The van der Waals surface area contributed by atoms with E-state index < -0.39 is 28.7 Å². The van der Waals surface area contributed by atoms with E-state index in [9.17, 15) is 19.7 Å². The predicted molar refractivity (Wildman–Crippen MR) is 61.4 cm³/mol. The lowest BCUT2D eigenvalue weighted by molar-refractivity contribution is -0.499. The first-order chi connectivity index (χ1) is 8.61. The molecule has 3 rings (SSSR count). The second kappa shape index (κ2) is 3.73. The predicted octanol–water partition coefficient (Wildman–Crippen LogP) is 0.888. The fourth-order valence-corrected chi connectivity index (χ4v) is 2.90. The number of hydrogen-bond acceptors (Lipinski definition) is 4. The van der Waals surface area contributed by atoms with Crippen LogP contribution in [0.2, 0.25) is 0 Å². The van der Waals surface area contributed by atoms with Gasteiger partial charge in [0.15, 0.2) is 11.6 Å². The molecular formula is C13H11NO4. The highest BCUT2D eigenvalue weighted by atomic mass is 16.6. The Labute approximate surface area is 103 Å². The molecule has 5 nitrogen and oxygen atoms in total. The van der Waals surface area contributed by atoms with E-state index in [1.54, 1.807) is 0 Å². The van der Waals surface area contributed by atoms with Gasteiger partial charge in [0.1, 0.15) is 11.8 Å². The summed E-state index contributed by atoms with van der Waals surface area (Å²) in [6, 6.07) is 8.32. The first kappa shape index (κ1) is 11.1. The Balaban J connectivity index is 1.76. The molecule has 2 atom stereocenters. The summed E-state index contributed by atoms with van der Waals surface area (Å²) < 4.78 is 0. The molecule has 2 unspecified atom stereocenters. The number of hydrogen-bond donors (Lipinski definition) is 0. The molecule has 18 heavy (non-hydrogen) atoms. The maximum absolute atomic E-state index is 12.0. The van der Waals surface area contributed by atoms with E-state index in [0.29, 0.717) is 6.42 Å². The van der Waals surface area contributed by atoms with Crippen molar-refractivity contribution in [1.29, 1.82) is 0 Å². The summed E-state index contributed by atoms with van der Waals surface area (Å²) in [5.74, 6) is -2.45. The van der Waals surface area contributed by atoms with Crippen molar-refractivity contribution in [2.24, 2.45) is 17.8 Å². The largest absolute Gasteiger partial charge is 0.298 e. The minimum atomic E-state index is -0.947. The molecule has 92 valence electrons. The Morgan fingerprint density at radius 3 is 2.11 bits per heavy atom. The fourth-order valence-electron chi connectivity index (χ4n) is 2.90. The highest BCUT2D eigenvalue weighted by Gasteiger charge is 2.74. The number of carbonyl (C=O) groups excluding carboxylic acids is 2. The normalized spacial score (nSPS) is 33.3. The smallest absolute Gasteiger partial charge is 0.234 e. The van der Waals surface area contributed by atoms with Crippen LogP contribution >= 0.6 is 0 Å². The molecule has 0 N–H and O–H groups in total. The number of Topliss-reactive ketones (excluding diaryl/α,β-unsaturated/α-hetero) is 2. The molecular weight excluding hydrogens is 234 g/mol. The monoisotopic (exact) mass is 245 g/mol. The third kappa shape index (κ3) is 1.47. The number of ketones is 2. The van der Waals surface area contributed by atoms with Gasteiger partial charge in [0, 0.05) is 4.92 Å². The molecule has 0 saturated heterocycles. The molecule has 2 saturated carbocycles. The Bertz CT molecular complexity index is 517. The molecule has 1 aromatic rings. The van der Waals surface area contributed by atoms with Crippen molar-refractivity contribution in [3.05, 3.63) is 46.0 Å². The Hall–Kier alpha value is -2.04. The lowest BCUT2D eigenvalue weighted by Crippen LogP contribution is -2.28. The number of benzene rings is 1. The molecule has 0 aliphatic heterocycles. The van der Waals surface area contributed by atoms with E-state index in [0.717, 1.165) is 5.56 Å². The average Bonchev–Trinajstić information content (AvgIpc) is 3.05. The Morgan fingerprint density at radius 1 is 1.06 bits per heavy atom. The van der Waals surface area contributed by atoms with Gasteiger partial charge in [-0.2, -0.15) is 0 Å². The van der Waals surface area contributed by atoms with E-state index >= 15 is 0 Å². The van der Waals surface area contributed by atoms with Crippen LogP contribution in [-0.2, 0) is 16.0 Å². The summed E-state index contributed by atoms with van der Waals surface area (Å²) >= 11 is 0. The van der Waals surface area contributed by atoms with Crippen molar-refractivity contribution in [2.45, 2.75) is 12.5 Å². The SMILES string of the molecule is O=C1C(Cc2ccccc2)C(=O)C2C1C2[N+](=O)[O-]. The average molecular weight is 245 g/mol. The Kier molecular flexibility index (Phi) is 2.29. The topological polar surface area (TPSA) is 77.3 Å². The van der Waals surface area contributed by atoms with Crippen LogP contribution in [0.15, 0.2) is 30.3 Å². The molecule has 1 aromatic carbocycles. The zero-order chi connectivity index (χ0) is 12.9. The van der Waals surface area contributed by atoms with Crippen LogP contribution in [0.25, 0.3) is 0 Å². The fraction of sp³-hybridized carbons (Fsp3) is 0.385. The molecule has 2 aliphatic rings. The van der Waals surface area contributed by atoms with E-state index in [1.807, 2.05) is 30.3 Å².